The molecule has 0 saturated carbocycles. The number of aromatic hydroxyl groups is 1. The van der Waals surface area contributed by atoms with Gasteiger partial charge in [0.05, 0.1) is 29.1 Å². The Morgan fingerprint density at radius 3 is 2.33 bits per heavy atom. The number of ether oxygens (including phenoxy) is 1. The van der Waals surface area contributed by atoms with Crippen molar-refractivity contribution in [2.45, 2.75) is 18.8 Å². The summed E-state index contributed by atoms with van der Waals surface area (Å²) >= 11 is 3.24. The Morgan fingerprint density at radius 2 is 1.62 bits per heavy atom. The number of phenolic OH excluding ortho intramolecular Hbond substituents is 1. The van der Waals surface area contributed by atoms with E-state index in [2.05, 4.69) is 15.9 Å². The first-order chi connectivity index (χ1) is 21.7. The van der Waals surface area contributed by atoms with Crippen molar-refractivity contribution in [3.63, 3.8) is 0 Å². The van der Waals surface area contributed by atoms with Gasteiger partial charge in [-0.1, -0.05) is 48.0 Å². The zero-order valence-corrected chi connectivity index (χ0v) is 25.6. The van der Waals surface area contributed by atoms with Crippen molar-refractivity contribution < 1.29 is 33.8 Å². The first-order valence-corrected chi connectivity index (χ1v) is 15.3. The number of carbonyl (C=O) groups is 5. The standard InChI is InChI=1S/C36H26BrNO7/c1-45-29-15-21(39)11-12-23(29)30-22-13-14-24-31(25(22)16-26-32(30)28(40)17-27(37)34(26)42)36(44)38(35(24)43)20-9-7-19(8-10-20)33(41)18-5-3-2-4-6-18/h2-13,15,17,24-25,30-31,39H,14,16H2,1H3/t24-,25+,30+,31-/m0/s1. The second-order valence-electron chi connectivity index (χ2n) is 11.6. The Hall–Kier alpha value is -4.89. The number of phenols is 1. The van der Waals surface area contributed by atoms with Crippen LogP contribution >= 0.6 is 15.9 Å². The number of imide groups is 1. The van der Waals surface area contributed by atoms with Crippen LogP contribution < -0.4 is 9.64 Å². The molecule has 0 radical (unpaired) electrons. The van der Waals surface area contributed by atoms with Crippen molar-refractivity contribution >= 4 is 50.8 Å². The van der Waals surface area contributed by atoms with E-state index >= 15 is 0 Å². The summed E-state index contributed by atoms with van der Waals surface area (Å²) in [6.45, 7) is 0. The van der Waals surface area contributed by atoms with Crippen LogP contribution in [0.15, 0.2) is 106 Å². The van der Waals surface area contributed by atoms with E-state index in [-0.39, 0.29) is 52.2 Å². The summed E-state index contributed by atoms with van der Waals surface area (Å²) in [6.07, 6.45) is 3.60. The van der Waals surface area contributed by atoms with E-state index in [9.17, 15) is 29.1 Å². The highest BCUT2D eigenvalue weighted by Crippen LogP contribution is 2.56. The third kappa shape index (κ3) is 4.52. The lowest BCUT2D eigenvalue weighted by molar-refractivity contribution is -0.123. The number of methoxy groups -OCH3 is 1. The number of fused-ring (bicyclic) bond motifs is 3. The Kier molecular flexibility index (Phi) is 7.00. The maximum absolute atomic E-state index is 14.2. The summed E-state index contributed by atoms with van der Waals surface area (Å²) < 4.78 is 5.73. The molecule has 1 fully saturated rings. The number of hydrogen-bond donors (Lipinski definition) is 1. The number of hydrogen-bond acceptors (Lipinski definition) is 7. The van der Waals surface area contributed by atoms with E-state index in [1.165, 1.54) is 30.2 Å². The quantitative estimate of drug-likeness (QED) is 0.163. The zero-order chi connectivity index (χ0) is 31.6. The van der Waals surface area contributed by atoms with E-state index in [4.69, 9.17) is 4.74 Å². The van der Waals surface area contributed by atoms with Crippen molar-refractivity contribution in [2.75, 3.05) is 12.0 Å². The van der Waals surface area contributed by atoms with Gasteiger partial charge in [-0.15, -0.1) is 0 Å². The van der Waals surface area contributed by atoms with Crippen LogP contribution in [0.5, 0.6) is 11.5 Å². The molecule has 1 N–H and O–H groups in total. The van der Waals surface area contributed by atoms with Crippen molar-refractivity contribution in [3.8, 4) is 11.5 Å². The SMILES string of the molecule is COc1cc(O)ccc1[C@H]1C2=CC[C@@H]3C(=O)N(c4ccc(C(=O)c5ccccc5)cc4)C(=O)[C@@H]3[C@@H]2CC2=C1C(=O)C=C(Br)C2=O. The van der Waals surface area contributed by atoms with Gasteiger partial charge in [-0.2, -0.15) is 0 Å². The molecule has 1 heterocycles. The van der Waals surface area contributed by atoms with Gasteiger partial charge in [0.1, 0.15) is 11.5 Å². The van der Waals surface area contributed by atoms with Gasteiger partial charge in [0.25, 0.3) is 0 Å². The molecule has 1 saturated heterocycles. The molecule has 3 aliphatic carbocycles. The number of nitrogens with zero attached hydrogens (tertiary/aromatic N) is 1. The van der Waals surface area contributed by atoms with Gasteiger partial charge in [-0.05, 0) is 65.0 Å². The molecule has 4 atom stereocenters. The number of rotatable bonds is 5. The molecule has 224 valence electrons. The minimum absolute atomic E-state index is 0.0211. The van der Waals surface area contributed by atoms with E-state index in [0.29, 0.717) is 39.3 Å². The predicted octanol–water partition coefficient (Wildman–Crippen LogP) is 5.60. The van der Waals surface area contributed by atoms with Gasteiger partial charge in [-0.3, -0.25) is 28.9 Å². The van der Waals surface area contributed by atoms with Crippen molar-refractivity contribution in [2.24, 2.45) is 17.8 Å². The topological polar surface area (TPSA) is 118 Å². The molecule has 0 bridgehead atoms. The average Bonchev–Trinajstić information content (AvgIpc) is 3.32. The number of halogens is 1. The van der Waals surface area contributed by atoms with E-state index in [1.807, 2.05) is 12.1 Å². The molecule has 45 heavy (non-hydrogen) atoms. The van der Waals surface area contributed by atoms with Crippen LogP contribution in [0.4, 0.5) is 5.69 Å². The molecule has 3 aromatic rings. The summed E-state index contributed by atoms with van der Waals surface area (Å²) in [6, 6.07) is 19.9. The molecule has 2 amide bonds. The number of carbonyl (C=O) groups excluding carboxylic acids is 5. The number of benzene rings is 3. The summed E-state index contributed by atoms with van der Waals surface area (Å²) in [5, 5.41) is 10.1. The number of anilines is 1. The fourth-order valence-corrected chi connectivity index (χ4v) is 7.72. The highest BCUT2D eigenvalue weighted by molar-refractivity contribution is 9.12. The first kappa shape index (κ1) is 28.9. The number of amides is 2. The van der Waals surface area contributed by atoms with E-state index < -0.39 is 23.7 Å². The van der Waals surface area contributed by atoms with Gasteiger partial charge in [-0.25, -0.2) is 0 Å². The Balaban J connectivity index is 1.27. The fraction of sp³-hybridized carbons (Fsp3) is 0.194. The molecular weight excluding hydrogens is 638 g/mol. The zero-order valence-electron chi connectivity index (χ0n) is 24.0. The molecular formula is C36H26BrNO7. The minimum atomic E-state index is -0.754. The van der Waals surface area contributed by atoms with Crippen LogP contribution in [0.3, 0.4) is 0 Å². The molecule has 4 aliphatic rings. The summed E-state index contributed by atoms with van der Waals surface area (Å²) in [5.74, 6) is -3.86. The molecule has 0 unspecified atom stereocenters. The monoisotopic (exact) mass is 663 g/mol. The van der Waals surface area contributed by atoms with E-state index in [0.717, 1.165) is 5.57 Å². The molecule has 8 nitrogen and oxygen atoms in total. The second kappa shape index (κ2) is 10.9. The summed E-state index contributed by atoms with van der Waals surface area (Å²) in [5.41, 5.74) is 3.32. The third-order valence-electron chi connectivity index (χ3n) is 9.28. The summed E-state index contributed by atoms with van der Waals surface area (Å²) in [4.78, 5) is 69.1. The lowest BCUT2D eigenvalue weighted by Crippen LogP contribution is -2.39. The molecule has 0 spiro atoms. The second-order valence-corrected chi connectivity index (χ2v) is 12.4. The number of ketones is 3. The lowest BCUT2D eigenvalue weighted by Gasteiger charge is -2.42. The number of Topliss-reactive ketones (excluding diaryl/α,β-unsaturated/α-hetero) is 1. The van der Waals surface area contributed by atoms with Gasteiger partial charge in [0, 0.05) is 45.9 Å². The van der Waals surface area contributed by atoms with Crippen LogP contribution in [-0.4, -0.2) is 41.4 Å². The normalized spacial score (nSPS) is 24.1. The van der Waals surface area contributed by atoms with Crippen molar-refractivity contribution in [3.05, 3.63) is 123 Å². The molecule has 0 aromatic heterocycles. The molecule has 9 heteroatoms. The molecule has 7 rings (SSSR count). The Bertz CT molecular complexity index is 1920. The van der Waals surface area contributed by atoms with Crippen LogP contribution in [0.1, 0.15) is 40.2 Å². The molecule has 1 aliphatic heterocycles. The predicted molar refractivity (Wildman–Crippen MR) is 168 cm³/mol. The van der Waals surface area contributed by atoms with E-state index in [1.54, 1.807) is 54.6 Å². The highest BCUT2D eigenvalue weighted by atomic mass is 79.9. The van der Waals surface area contributed by atoms with Crippen molar-refractivity contribution in [1.82, 2.24) is 0 Å². The largest absolute Gasteiger partial charge is 0.508 e. The maximum Gasteiger partial charge on any atom is 0.238 e. The third-order valence-corrected chi connectivity index (χ3v) is 9.87. The maximum atomic E-state index is 14.2. The molecule has 3 aromatic carbocycles. The van der Waals surface area contributed by atoms with Gasteiger partial charge in [0.15, 0.2) is 17.3 Å². The van der Waals surface area contributed by atoms with Crippen LogP contribution in [-0.2, 0) is 19.2 Å². The smallest absolute Gasteiger partial charge is 0.238 e. The lowest BCUT2D eigenvalue weighted by atomic mass is 9.59. The van der Waals surface area contributed by atoms with Gasteiger partial charge in [0.2, 0.25) is 11.8 Å². The van der Waals surface area contributed by atoms with Gasteiger partial charge >= 0.3 is 0 Å². The van der Waals surface area contributed by atoms with Crippen LogP contribution in [0, 0.1) is 17.8 Å². The Labute approximate surface area is 266 Å². The van der Waals surface area contributed by atoms with Crippen LogP contribution in [0.2, 0.25) is 0 Å². The highest BCUT2D eigenvalue weighted by Gasteiger charge is 2.57. The summed E-state index contributed by atoms with van der Waals surface area (Å²) in [7, 11) is 1.46. The van der Waals surface area contributed by atoms with Crippen molar-refractivity contribution in [1.29, 1.82) is 0 Å². The fourth-order valence-electron chi connectivity index (χ4n) is 7.27. The minimum Gasteiger partial charge on any atom is -0.508 e. The number of allylic oxidation sites excluding steroid dienone is 6. The van der Waals surface area contributed by atoms with Crippen LogP contribution in [0.25, 0.3) is 0 Å². The average molecular weight is 665 g/mol. The Morgan fingerprint density at radius 1 is 0.911 bits per heavy atom. The first-order valence-electron chi connectivity index (χ1n) is 14.5. The van der Waals surface area contributed by atoms with Gasteiger partial charge < -0.3 is 9.84 Å².